The van der Waals surface area contributed by atoms with E-state index in [1.165, 1.54) is 0 Å². The predicted molar refractivity (Wildman–Crippen MR) is 74.6 cm³/mol. The minimum absolute atomic E-state index is 0.0124. The van der Waals surface area contributed by atoms with Crippen LogP contribution >= 0.6 is 31.9 Å². The highest BCUT2D eigenvalue weighted by Gasteiger charge is 3.07. The van der Waals surface area contributed by atoms with Gasteiger partial charge in [0.05, 0.1) is 4.32 Å². The van der Waals surface area contributed by atoms with Crippen LogP contribution in [-0.4, -0.2) is 13.8 Å². The molecule has 0 spiro atoms. The molecule has 1 aromatic carbocycles. The fourth-order valence-corrected chi connectivity index (χ4v) is 10.2. The van der Waals surface area contributed by atoms with Crippen molar-refractivity contribution in [3.05, 3.63) is 35.9 Å². The fraction of sp³-hybridized carbons (Fsp3) is 0.600. The molecule has 18 heavy (non-hydrogen) atoms. The number of hydrogen-bond acceptors (Lipinski definition) is 1. The molecule has 7 rings (SSSR count). The van der Waals surface area contributed by atoms with Gasteiger partial charge in [0.1, 0.15) is 5.60 Å². The van der Waals surface area contributed by atoms with Crippen LogP contribution in [0.4, 0.5) is 0 Å². The molecule has 1 N–H and O–H groups in total. The van der Waals surface area contributed by atoms with Gasteiger partial charge in [-0.1, -0.05) is 62.2 Å². The van der Waals surface area contributed by atoms with Crippen LogP contribution in [0.25, 0.3) is 0 Å². The fourth-order valence-electron chi connectivity index (χ4n) is 6.84. The Morgan fingerprint density at radius 3 is 1.94 bits per heavy atom. The SMILES string of the molecule is O[C@]1(c2ccccc2)C2[C@@H]3[C@@H]4C5[C@@H]([C@H]2C53Br)C41Br. The second kappa shape index (κ2) is 2.29. The van der Waals surface area contributed by atoms with E-state index >= 15 is 0 Å². The summed E-state index contributed by atoms with van der Waals surface area (Å²) < 4.78 is 0.422. The van der Waals surface area contributed by atoms with Crippen molar-refractivity contribution in [2.24, 2.45) is 35.5 Å². The van der Waals surface area contributed by atoms with Crippen LogP contribution in [-0.2, 0) is 5.60 Å². The van der Waals surface area contributed by atoms with Crippen LogP contribution in [0.2, 0.25) is 0 Å². The molecule has 0 aliphatic heterocycles. The molecule has 9 atom stereocenters. The van der Waals surface area contributed by atoms with Crippen molar-refractivity contribution in [3.63, 3.8) is 0 Å². The first kappa shape index (κ1) is 9.95. The van der Waals surface area contributed by atoms with Crippen LogP contribution in [0.1, 0.15) is 5.56 Å². The summed E-state index contributed by atoms with van der Waals surface area (Å²) in [5.74, 6) is 4.17. The van der Waals surface area contributed by atoms with Crippen molar-refractivity contribution in [2.75, 3.05) is 0 Å². The van der Waals surface area contributed by atoms with Gasteiger partial charge in [0.2, 0.25) is 0 Å². The Morgan fingerprint density at radius 1 is 0.833 bits per heavy atom. The summed E-state index contributed by atoms with van der Waals surface area (Å²) in [5.41, 5.74) is 0.505. The third-order valence-electron chi connectivity index (χ3n) is 7.10. The lowest BCUT2D eigenvalue weighted by Crippen LogP contribution is -2.93. The molecule has 6 saturated carbocycles. The first-order valence-corrected chi connectivity index (χ1v) is 8.33. The monoisotopic (exact) mass is 366 g/mol. The van der Waals surface area contributed by atoms with Gasteiger partial charge in [-0.3, -0.25) is 0 Å². The molecule has 92 valence electrons. The van der Waals surface area contributed by atoms with Crippen molar-refractivity contribution in [1.29, 1.82) is 0 Å². The number of halogens is 2. The molecule has 0 saturated heterocycles. The first-order valence-electron chi connectivity index (χ1n) is 6.74. The molecule has 6 aliphatic rings. The van der Waals surface area contributed by atoms with Gasteiger partial charge >= 0.3 is 0 Å². The number of hydrogen-bond donors (Lipinski definition) is 1. The maximum Gasteiger partial charge on any atom is 0.109 e. The Kier molecular flexibility index (Phi) is 1.27. The molecule has 0 heterocycles. The lowest BCUT2D eigenvalue weighted by molar-refractivity contribution is -0.337. The molecular weight excluding hydrogens is 356 g/mol. The average molecular weight is 368 g/mol. The largest absolute Gasteiger partial charge is 0.383 e. The van der Waals surface area contributed by atoms with E-state index in [9.17, 15) is 5.11 Å². The molecular formula is C15H12Br2O. The van der Waals surface area contributed by atoms with Crippen LogP contribution < -0.4 is 0 Å². The van der Waals surface area contributed by atoms with Gasteiger partial charge in [-0.15, -0.1) is 0 Å². The van der Waals surface area contributed by atoms with Gasteiger partial charge in [0, 0.05) is 10.2 Å². The van der Waals surface area contributed by atoms with E-state index in [4.69, 9.17) is 0 Å². The Balaban J connectivity index is 1.62. The number of aliphatic hydroxyl groups is 1. The molecule has 6 fully saturated rings. The van der Waals surface area contributed by atoms with Crippen molar-refractivity contribution >= 4 is 31.9 Å². The van der Waals surface area contributed by atoms with Crippen molar-refractivity contribution < 1.29 is 5.11 Å². The van der Waals surface area contributed by atoms with E-state index in [2.05, 4.69) is 56.1 Å². The van der Waals surface area contributed by atoms with E-state index in [0.29, 0.717) is 33.9 Å². The maximum atomic E-state index is 11.5. The van der Waals surface area contributed by atoms with Gasteiger partial charge in [-0.25, -0.2) is 0 Å². The molecule has 4 unspecified atom stereocenters. The molecule has 3 heteroatoms. The molecule has 6 aliphatic carbocycles. The normalized spacial score (nSPS) is 71.7. The third kappa shape index (κ3) is 0.535. The summed E-state index contributed by atoms with van der Waals surface area (Å²) >= 11 is 7.99. The van der Waals surface area contributed by atoms with Crippen molar-refractivity contribution in [3.8, 4) is 0 Å². The summed E-state index contributed by atoms with van der Waals surface area (Å²) in [4.78, 5) is 0. The number of rotatable bonds is 1. The number of alkyl halides is 2. The van der Waals surface area contributed by atoms with Crippen LogP contribution in [0, 0.1) is 35.5 Å². The summed E-state index contributed by atoms with van der Waals surface area (Å²) in [6.45, 7) is 0. The summed E-state index contributed by atoms with van der Waals surface area (Å²) in [6.07, 6.45) is 0. The summed E-state index contributed by atoms with van der Waals surface area (Å²) in [5, 5.41) is 11.5. The molecule has 1 nitrogen and oxygen atoms in total. The summed E-state index contributed by atoms with van der Waals surface area (Å²) in [7, 11) is 0. The zero-order chi connectivity index (χ0) is 12.1. The molecule has 2 bridgehead atoms. The zero-order valence-electron chi connectivity index (χ0n) is 9.55. The highest BCUT2D eigenvalue weighted by Crippen LogP contribution is 3.03. The quantitative estimate of drug-likeness (QED) is 0.756. The smallest absolute Gasteiger partial charge is 0.109 e. The third-order valence-corrected chi connectivity index (χ3v) is 10.4. The van der Waals surface area contributed by atoms with E-state index < -0.39 is 5.60 Å². The van der Waals surface area contributed by atoms with E-state index in [0.717, 1.165) is 11.5 Å². The maximum absolute atomic E-state index is 11.5. The van der Waals surface area contributed by atoms with Crippen LogP contribution in [0.15, 0.2) is 30.3 Å². The lowest BCUT2D eigenvalue weighted by atomic mass is 9.20. The Morgan fingerprint density at radius 2 is 1.39 bits per heavy atom. The Hall–Kier alpha value is 0.140. The lowest BCUT2D eigenvalue weighted by Gasteiger charge is -2.90. The highest BCUT2D eigenvalue weighted by molar-refractivity contribution is 9.10. The number of benzene rings is 1. The zero-order valence-corrected chi connectivity index (χ0v) is 12.7. The first-order chi connectivity index (χ1) is 8.59. The molecule has 0 amide bonds. The van der Waals surface area contributed by atoms with Crippen molar-refractivity contribution in [1.82, 2.24) is 0 Å². The van der Waals surface area contributed by atoms with E-state index in [-0.39, 0.29) is 4.32 Å². The van der Waals surface area contributed by atoms with Gasteiger partial charge in [0.25, 0.3) is 0 Å². The van der Waals surface area contributed by atoms with Gasteiger partial charge < -0.3 is 5.11 Å². The second-order valence-electron chi connectivity index (χ2n) is 6.88. The molecule has 0 radical (unpaired) electrons. The highest BCUT2D eigenvalue weighted by atomic mass is 79.9. The second-order valence-corrected chi connectivity index (χ2v) is 9.57. The Labute approximate surface area is 122 Å². The van der Waals surface area contributed by atoms with Crippen LogP contribution in [0.5, 0.6) is 0 Å². The van der Waals surface area contributed by atoms with Crippen molar-refractivity contribution in [2.45, 2.75) is 14.2 Å². The predicted octanol–water partition coefficient (Wildman–Crippen LogP) is 2.91. The molecule has 1 aromatic rings. The minimum atomic E-state index is -0.622. The van der Waals surface area contributed by atoms with Crippen LogP contribution in [0.3, 0.4) is 0 Å². The van der Waals surface area contributed by atoms with Gasteiger partial charge in [-0.2, -0.15) is 0 Å². The average Bonchev–Trinajstić information content (AvgIpc) is 2.54. The molecule has 0 aromatic heterocycles. The topological polar surface area (TPSA) is 20.2 Å². The summed E-state index contributed by atoms with van der Waals surface area (Å²) in [6, 6.07) is 10.3. The van der Waals surface area contributed by atoms with Gasteiger partial charge in [0.15, 0.2) is 0 Å². The van der Waals surface area contributed by atoms with Gasteiger partial charge in [-0.05, 0) is 35.2 Å². The standard InChI is InChI=1S/C15H12Br2O/c16-13-7-10-8(13)12-9(13)11(7)14(10,17)15(12,18)6-4-2-1-3-5-6/h1-5,7-12,18H/t7?,8-,9+,10-,11-,12?,13?,14?,15+/m0/s1. The Bertz CT molecular complexity index is 594. The van der Waals surface area contributed by atoms with E-state index in [1.807, 2.05) is 6.07 Å². The minimum Gasteiger partial charge on any atom is -0.383 e. The van der Waals surface area contributed by atoms with E-state index in [1.54, 1.807) is 0 Å².